The van der Waals surface area contributed by atoms with E-state index < -0.39 is 11.6 Å². The van der Waals surface area contributed by atoms with Crippen LogP contribution in [0.15, 0.2) is 18.2 Å². The minimum Gasteiger partial charge on any atom is -0.371 e. The quantitative estimate of drug-likeness (QED) is 0.776. The molecule has 0 bridgehead atoms. The van der Waals surface area contributed by atoms with Crippen molar-refractivity contribution in [2.45, 2.75) is 25.3 Å². The predicted molar refractivity (Wildman–Crippen MR) is 84.1 cm³/mol. The van der Waals surface area contributed by atoms with Crippen molar-refractivity contribution in [2.75, 3.05) is 30.3 Å². The molecule has 4 N–H and O–H groups in total. The van der Waals surface area contributed by atoms with E-state index in [1.165, 1.54) is 12.1 Å². The molecule has 3 rings (SSSR count). The van der Waals surface area contributed by atoms with Crippen molar-refractivity contribution in [3.63, 3.8) is 0 Å². The summed E-state index contributed by atoms with van der Waals surface area (Å²) in [5.41, 5.74) is 6.19. The summed E-state index contributed by atoms with van der Waals surface area (Å²) in [5.74, 6) is -0.568. The number of piperidine rings is 1. The number of nitrogens with one attached hydrogen (secondary N) is 2. The Kier molecular flexibility index (Phi) is 4.71. The zero-order chi connectivity index (χ0) is 16.2. The molecule has 2 aromatic rings. The van der Waals surface area contributed by atoms with Crippen molar-refractivity contribution in [3.05, 3.63) is 35.7 Å². The Morgan fingerprint density at radius 3 is 2.70 bits per heavy atom. The lowest BCUT2D eigenvalue weighted by atomic mass is 10.0. The zero-order valence-electron chi connectivity index (χ0n) is 12.7. The highest BCUT2D eigenvalue weighted by atomic mass is 19.2. The van der Waals surface area contributed by atoms with Gasteiger partial charge in [-0.3, -0.25) is 5.10 Å². The number of hydrogen-bond donors (Lipinski definition) is 3. The second-order valence-corrected chi connectivity index (χ2v) is 5.70. The molecule has 8 heteroatoms. The van der Waals surface area contributed by atoms with E-state index >= 15 is 0 Å². The molecule has 1 saturated heterocycles. The molecule has 1 aliphatic rings. The van der Waals surface area contributed by atoms with Gasteiger partial charge in [-0.1, -0.05) is 0 Å². The third-order valence-corrected chi connectivity index (χ3v) is 4.11. The average Bonchev–Trinajstić information content (AvgIpc) is 2.96. The lowest BCUT2D eigenvalue weighted by Gasteiger charge is -2.34. The standard InChI is InChI=1S/C15H20F2N6/c16-12-2-1-11(9-13(12)17)23-7-4-10(5-8-23)19-6-3-14-20-15(18)22-21-14/h1-2,9-10,19H,3-8H2,(H3,18,20,21,22). The Bertz CT molecular complexity index is 651. The first-order chi connectivity index (χ1) is 11.1. The third kappa shape index (κ3) is 3.95. The van der Waals surface area contributed by atoms with Crippen LogP contribution in [0, 0.1) is 11.6 Å². The van der Waals surface area contributed by atoms with Gasteiger partial charge in [0.1, 0.15) is 5.82 Å². The molecule has 6 nitrogen and oxygen atoms in total. The number of halogens is 2. The van der Waals surface area contributed by atoms with Crippen LogP contribution in [0.5, 0.6) is 0 Å². The fourth-order valence-corrected chi connectivity index (χ4v) is 2.84. The third-order valence-electron chi connectivity index (χ3n) is 4.11. The number of aromatic nitrogens is 3. The summed E-state index contributed by atoms with van der Waals surface area (Å²) in [4.78, 5) is 6.14. The summed E-state index contributed by atoms with van der Waals surface area (Å²) in [6, 6.07) is 4.48. The van der Waals surface area contributed by atoms with Crippen molar-refractivity contribution in [3.8, 4) is 0 Å². The van der Waals surface area contributed by atoms with Crippen molar-refractivity contribution in [2.24, 2.45) is 0 Å². The summed E-state index contributed by atoms with van der Waals surface area (Å²) in [5, 5.41) is 10.1. The Labute approximate surface area is 133 Å². The molecule has 1 aliphatic heterocycles. The molecule has 1 aromatic carbocycles. The number of nitrogen functional groups attached to an aromatic ring is 1. The van der Waals surface area contributed by atoms with E-state index in [1.807, 2.05) is 0 Å². The van der Waals surface area contributed by atoms with Crippen LogP contribution in [0.3, 0.4) is 0 Å². The van der Waals surface area contributed by atoms with Gasteiger partial charge >= 0.3 is 0 Å². The number of hydrogen-bond acceptors (Lipinski definition) is 5. The lowest BCUT2D eigenvalue weighted by Crippen LogP contribution is -2.43. The van der Waals surface area contributed by atoms with Crippen molar-refractivity contribution < 1.29 is 8.78 Å². The van der Waals surface area contributed by atoms with Gasteiger partial charge in [-0.2, -0.15) is 4.98 Å². The van der Waals surface area contributed by atoms with Gasteiger partial charge in [-0.05, 0) is 25.0 Å². The number of H-pyrrole nitrogens is 1. The Morgan fingerprint density at radius 2 is 2.04 bits per heavy atom. The molecule has 2 heterocycles. The molecule has 0 amide bonds. The van der Waals surface area contributed by atoms with E-state index in [1.54, 1.807) is 6.07 Å². The molecule has 0 atom stereocenters. The first kappa shape index (κ1) is 15.7. The second kappa shape index (κ2) is 6.91. The Hall–Kier alpha value is -2.22. The maximum atomic E-state index is 13.3. The fourth-order valence-electron chi connectivity index (χ4n) is 2.84. The molecule has 1 fully saturated rings. The number of nitrogens with two attached hydrogens (primary N) is 1. The second-order valence-electron chi connectivity index (χ2n) is 5.70. The van der Waals surface area contributed by atoms with Gasteiger partial charge in [0.25, 0.3) is 0 Å². The topological polar surface area (TPSA) is 82.9 Å². The Balaban J connectivity index is 1.43. The van der Waals surface area contributed by atoms with Gasteiger partial charge < -0.3 is 16.0 Å². The summed E-state index contributed by atoms with van der Waals surface area (Å²) in [7, 11) is 0. The molecule has 23 heavy (non-hydrogen) atoms. The Morgan fingerprint density at radius 1 is 1.26 bits per heavy atom. The molecular weight excluding hydrogens is 302 g/mol. The van der Waals surface area contributed by atoms with Crippen LogP contribution in [0.2, 0.25) is 0 Å². The van der Waals surface area contributed by atoms with Gasteiger partial charge in [-0.15, -0.1) is 5.10 Å². The van der Waals surface area contributed by atoms with Crippen LogP contribution in [0.1, 0.15) is 18.7 Å². The average molecular weight is 322 g/mol. The van der Waals surface area contributed by atoms with Crippen LogP contribution < -0.4 is 16.0 Å². The van der Waals surface area contributed by atoms with Gasteiger partial charge in [0.2, 0.25) is 5.95 Å². The van der Waals surface area contributed by atoms with Gasteiger partial charge in [0.05, 0.1) is 0 Å². The van der Waals surface area contributed by atoms with E-state index in [2.05, 4.69) is 25.4 Å². The molecule has 0 aliphatic carbocycles. The van der Waals surface area contributed by atoms with Crippen LogP contribution in [-0.2, 0) is 6.42 Å². The monoisotopic (exact) mass is 322 g/mol. The first-order valence-corrected chi connectivity index (χ1v) is 7.72. The highest BCUT2D eigenvalue weighted by Crippen LogP contribution is 2.22. The normalized spacial score (nSPS) is 16.0. The fraction of sp³-hybridized carbons (Fsp3) is 0.467. The first-order valence-electron chi connectivity index (χ1n) is 7.72. The minimum atomic E-state index is -0.807. The zero-order valence-corrected chi connectivity index (χ0v) is 12.7. The molecule has 0 spiro atoms. The molecule has 1 aromatic heterocycles. The summed E-state index contributed by atoms with van der Waals surface area (Å²) >= 11 is 0. The van der Waals surface area contributed by atoms with Crippen molar-refractivity contribution in [1.82, 2.24) is 20.5 Å². The number of rotatable bonds is 5. The number of nitrogens with zero attached hydrogens (tertiary/aromatic N) is 3. The van der Waals surface area contributed by atoms with E-state index in [-0.39, 0.29) is 5.95 Å². The van der Waals surface area contributed by atoms with Gasteiger partial charge in [-0.25, -0.2) is 8.78 Å². The highest BCUT2D eigenvalue weighted by Gasteiger charge is 2.19. The predicted octanol–water partition coefficient (Wildman–Crippen LogP) is 1.47. The smallest absolute Gasteiger partial charge is 0.239 e. The highest BCUT2D eigenvalue weighted by molar-refractivity contribution is 5.47. The van der Waals surface area contributed by atoms with Crippen molar-refractivity contribution in [1.29, 1.82) is 0 Å². The molecule has 0 radical (unpaired) electrons. The van der Waals surface area contributed by atoms with Crippen LogP contribution >= 0.6 is 0 Å². The minimum absolute atomic E-state index is 0.264. The van der Waals surface area contributed by atoms with E-state index in [9.17, 15) is 8.78 Å². The molecule has 124 valence electrons. The number of anilines is 2. The summed E-state index contributed by atoms with van der Waals surface area (Å²) in [6.07, 6.45) is 2.66. The maximum Gasteiger partial charge on any atom is 0.239 e. The van der Waals surface area contributed by atoms with Crippen LogP contribution in [0.25, 0.3) is 0 Å². The van der Waals surface area contributed by atoms with Crippen LogP contribution in [0.4, 0.5) is 20.4 Å². The number of aromatic amines is 1. The van der Waals surface area contributed by atoms with E-state index in [0.717, 1.165) is 50.4 Å². The molecule has 0 saturated carbocycles. The van der Waals surface area contributed by atoms with E-state index in [4.69, 9.17) is 5.73 Å². The SMILES string of the molecule is Nc1n[nH]c(CCNC2CCN(c3ccc(F)c(F)c3)CC2)n1. The molecular formula is C15H20F2N6. The summed E-state index contributed by atoms with van der Waals surface area (Å²) < 4.78 is 26.3. The van der Waals surface area contributed by atoms with Gasteiger partial charge in [0.15, 0.2) is 11.6 Å². The summed E-state index contributed by atoms with van der Waals surface area (Å²) in [6.45, 7) is 2.43. The van der Waals surface area contributed by atoms with Crippen LogP contribution in [-0.4, -0.2) is 40.9 Å². The lowest BCUT2D eigenvalue weighted by molar-refractivity contribution is 0.415. The van der Waals surface area contributed by atoms with Gasteiger partial charge in [0, 0.05) is 43.9 Å². The number of benzene rings is 1. The molecule has 0 unspecified atom stereocenters. The van der Waals surface area contributed by atoms with Crippen molar-refractivity contribution >= 4 is 11.6 Å². The maximum absolute atomic E-state index is 13.3. The van der Waals surface area contributed by atoms with E-state index in [0.29, 0.717) is 6.04 Å². The largest absolute Gasteiger partial charge is 0.371 e.